The predicted molar refractivity (Wildman–Crippen MR) is 40.5 cm³/mol. The van der Waals surface area contributed by atoms with E-state index < -0.39 is 0 Å². The molecule has 0 saturated carbocycles. The summed E-state index contributed by atoms with van der Waals surface area (Å²) in [6.45, 7) is 5.81. The number of piperidine rings is 1. The Labute approximate surface area is 57.8 Å². The summed E-state index contributed by atoms with van der Waals surface area (Å²) < 4.78 is 0. The Morgan fingerprint density at radius 1 is 1.56 bits per heavy atom. The molecule has 0 amide bonds. The summed E-state index contributed by atoms with van der Waals surface area (Å²) in [7, 11) is 0. The lowest BCUT2D eigenvalue weighted by Crippen LogP contribution is -2.35. The average molecular weight is 127 g/mol. The van der Waals surface area contributed by atoms with Gasteiger partial charge in [0.15, 0.2) is 0 Å². The van der Waals surface area contributed by atoms with Gasteiger partial charge < -0.3 is 5.32 Å². The number of hydrogen-bond donors (Lipinski definition) is 1. The van der Waals surface area contributed by atoms with Crippen molar-refractivity contribution in [3.05, 3.63) is 0 Å². The van der Waals surface area contributed by atoms with Crippen LogP contribution >= 0.6 is 0 Å². The lowest BCUT2D eigenvalue weighted by Gasteiger charge is -2.26. The molecule has 0 aliphatic carbocycles. The molecule has 0 aromatic heterocycles. The monoisotopic (exact) mass is 127 g/mol. The molecule has 0 aromatic carbocycles. The van der Waals surface area contributed by atoms with E-state index in [9.17, 15) is 0 Å². The van der Waals surface area contributed by atoms with E-state index in [1.54, 1.807) is 0 Å². The zero-order chi connectivity index (χ0) is 6.69. The largest absolute Gasteiger partial charge is 0.314 e. The Kier molecular flexibility index (Phi) is 2.52. The molecule has 1 saturated heterocycles. The molecule has 9 heavy (non-hydrogen) atoms. The molecule has 1 nitrogen and oxygen atoms in total. The van der Waals surface area contributed by atoms with Gasteiger partial charge in [-0.2, -0.15) is 0 Å². The Hall–Kier alpha value is -0.0400. The topological polar surface area (TPSA) is 12.0 Å². The minimum atomic E-state index is 0.767. The van der Waals surface area contributed by atoms with Crippen LogP contribution in [-0.4, -0.2) is 12.6 Å². The van der Waals surface area contributed by atoms with Crippen molar-refractivity contribution in [3.63, 3.8) is 0 Å². The predicted octanol–water partition coefficient (Wildman–Crippen LogP) is 1.78. The highest BCUT2D eigenvalue weighted by Crippen LogP contribution is 2.18. The summed E-state index contributed by atoms with van der Waals surface area (Å²) in [5, 5.41) is 3.45. The lowest BCUT2D eigenvalue weighted by molar-refractivity contribution is 0.308. The molecule has 1 rings (SSSR count). The van der Waals surface area contributed by atoms with E-state index in [0.29, 0.717) is 0 Å². The lowest BCUT2D eigenvalue weighted by atomic mass is 9.91. The number of hydrogen-bond acceptors (Lipinski definition) is 1. The first kappa shape index (κ1) is 7.07. The minimum Gasteiger partial charge on any atom is -0.314 e. The van der Waals surface area contributed by atoms with Crippen molar-refractivity contribution in [2.24, 2.45) is 5.92 Å². The van der Waals surface area contributed by atoms with Crippen molar-refractivity contribution in [2.45, 2.75) is 39.2 Å². The summed E-state index contributed by atoms with van der Waals surface area (Å²) >= 11 is 0. The zero-order valence-corrected chi connectivity index (χ0v) is 6.48. The van der Waals surface area contributed by atoms with Crippen LogP contribution in [0.5, 0.6) is 0 Å². The molecule has 0 radical (unpaired) electrons. The van der Waals surface area contributed by atoms with Crippen LogP contribution in [0.4, 0.5) is 0 Å². The molecule has 0 bridgehead atoms. The Balaban J connectivity index is 2.23. The minimum absolute atomic E-state index is 0.767. The van der Waals surface area contributed by atoms with Crippen molar-refractivity contribution in [2.75, 3.05) is 6.54 Å². The van der Waals surface area contributed by atoms with Gasteiger partial charge in [-0.3, -0.25) is 0 Å². The second-order valence-corrected chi connectivity index (χ2v) is 3.15. The van der Waals surface area contributed by atoms with Crippen LogP contribution in [0.1, 0.15) is 33.1 Å². The molecule has 2 atom stereocenters. The third kappa shape index (κ3) is 1.98. The fourth-order valence-corrected chi connectivity index (χ4v) is 1.61. The van der Waals surface area contributed by atoms with Crippen LogP contribution in [0.25, 0.3) is 0 Å². The maximum atomic E-state index is 3.45. The van der Waals surface area contributed by atoms with Crippen molar-refractivity contribution in [1.29, 1.82) is 0 Å². The van der Waals surface area contributed by atoms with Crippen LogP contribution < -0.4 is 5.32 Å². The normalized spacial score (nSPS) is 36.7. The van der Waals surface area contributed by atoms with Gasteiger partial charge in [0.1, 0.15) is 0 Å². The molecule has 2 unspecified atom stereocenters. The summed E-state index contributed by atoms with van der Waals surface area (Å²) in [5.74, 6) is 1.00. The fraction of sp³-hybridized carbons (Fsp3) is 1.00. The van der Waals surface area contributed by atoms with Crippen molar-refractivity contribution in [3.8, 4) is 0 Å². The Morgan fingerprint density at radius 2 is 2.33 bits per heavy atom. The molecule has 0 spiro atoms. The highest BCUT2D eigenvalue weighted by molar-refractivity contribution is 4.73. The molecule has 1 heteroatoms. The number of nitrogens with one attached hydrogen (secondary N) is 1. The van der Waals surface area contributed by atoms with Gasteiger partial charge in [0.2, 0.25) is 0 Å². The highest BCUT2D eigenvalue weighted by atomic mass is 14.9. The molecular formula is C8H17N. The summed E-state index contributed by atoms with van der Waals surface area (Å²) in [5.41, 5.74) is 0. The van der Waals surface area contributed by atoms with E-state index in [-0.39, 0.29) is 0 Å². The summed E-state index contributed by atoms with van der Waals surface area (Å²) in [4.78, 5) is 0. The maximum absolute atomic E-state index is 3.45. The van der Waals surface area contributed by atoms with Crippen molar-refractivity contribution < 1.29 is 0 Å². The molecule has 1 aliphatic heterocycles. The molecule has 54 valence electrons. The highest BCUT2D eigenvalue weighted by Gasteiger charge is 2.15. The molecule has 0 aromatic rings. The van der Waals surface area contributed by atoms with Crippen LogP contribution in [0.2, 0.25) is 0 Å². The second-order valence-electron chi connectivity index (χ2n) is 3.15. The van der Waals surface area contributed by atoms with Gasteiger partial charge >= 0.3 is 0 Å². The summed E-state index contributed by atoms with van der Waals surface area (Å²) in [6.07, 6.45) is 4.14. The van der Waals surface area contributed by atoms with Crippen molar-refractivity contribution >= 4 is 0 Å². The van der Waals surface area contributed by atoms with Gasteiger partial charge in [-0.15, -0.1) is 0 Å². The molecule has 1 aliphatic rings. The van der Waals surface area contributed by atoms with Gasteiger partial charge in [-0.05, 0) is 32.2 Å². The molecule has 1 N–H and O–H groups in total. The third-order valence-electron chi connectivity index (χ3n) is 2.31. The first-order valence-electron chi connectivity index (χ1n) is 4.06. The first-order valence-corrected chi connectivity index (χ1v) is 4.06. The quantitative estimate of drug-likeness (QED) is 0.566. The Morgan fingerprint density at radius 3 is 2.78 bits per heavy atom. The second kappa shape index (κ2) is 3.21. The van der Waals surface area contributed by atoms with Gasteiger partial charge in [0.05, 0.1) is 0 Å². The van der Waals surface area contributed by atoms with E-state index in [0.717, 1.165) is 12.0 Å². The van der Waals surface area contributed by atoms with Crippen LogP contribution in [-0.2, 0) is 0 Å². The van der Waals surface area contributed by atoms with Gasteiger partial charge in [0, 0.05) is 6.04 Å². The Bertz CT molecular complexity index is 80.6. The maximum Gasteiger partial charge on any atom is 0.00413 e. The van der Waals surface area contributed by atoms with Crippen molar-refractivity contribution in [1.82, 2.24) is 5.32 Å². The summed E-state index contributed by atoms with van der Waals surface area (Å²) in [6, 6.07) is 0.767. The smallest absolute Gasteiger partial charge is 0.00413 e. The molecule has 1 heterocycles. The van der Waals surface area contributed by atoms with Gasteiger partial charge in [-0.1, -0.05) is 13.3 Å². The van der Waals surface area contributed by atoms with Gasteiger partial charge in [0.25, 0.3) is 0 Å². The van der Waals surface area contributed by atoms with E-state index in [2.05, 4.69) is 19.2 Å². The number of rotatable bonds is 1. The zero-order valence-electron chi connectivity index (χ0n) is 6.48. The average Bonchev–Trinajstić information content (AvgIpc) is 1.88. The van der Waals surface area contributed by atoms with Crippen LogP contribution in [0.15, 0.2) is 0 Å². The van der Waals surface area contributed by atoms with E-state index in [1.807, 2.05) is 0 Å². The van der Waals surface area contributed by atoms with Crippen LogP contribution in [0.3, 0.4) is 0 Å². The van der Waals surface area contributed by atoms with Gasteiger partial charge in [-0.25, -0.2) is 0 Å². The first-order chi connectivity index (χ1) is 4.33. The third-order valence-corrected chi connectivity index (χ3v) is 2.31. The molecular weight excluding hydrogens is 110 g/mol. The standard InChI is InChI=1S/C8H17N/c1-3-8-4-5-9-7(2)6-8/h7-9H,3-6H2,1-2H3. The van der Waals surface area contributed by atoms with Crippen LogP contribution in [0, 0.1) is 5.92 Å². The van der Waals surface area contributed by atoms with E-state index >= 15 is 0 Å². The molecule has 1 fully saturated rings. The van der Waals surface area contributed by atoms with E-state index in [1.165, 1.54) is 25.8 Å². The van der Waals surface area contributed by atoms with E-state index in [4.69, 9.17) is 0 Å². The fourth-order valence-electron chi connectivity index (χ4n) is 1.61. The SMILES string of the molecule is CCC1CCNC(C)C1.